The van der Waals surface area contributed by atoms with Crippen molar-refractivity contribution in [1.82, 2.24) is 24.6 Å². The SMILES string of the molecule is COc1cc(NC2CCN(c3cc(C)nc4cc(C)nn34)CC2)ncn1. The van der Waals surface area contributed by atoms with Gasteiger partial charge in [-0.3, -0.25) is 0 Å². The molecule has 0 aromatic carbocycles. The lowest BCUT2D eigenvalue weighted by molar-refractivity contribution is 0.397. The number of aryl methyl sites for hydroxylation is 2. The Morgan fingerprint density at radius 2 is 1.88 bits per heavy atom. The predicted octanol–water partition coefficient (Wildman–Crippen LogP) is 2.23. The number of aromatic nitrogens is 5. The van der Waals surface area contributed by atoms with E-state index in [0.29, 0.717) is 11.9 Å². The third-order valence-electron chi connectivity index (χ3n) is 4.68. The smallest absolute Gasteiger partial charge is 0.218 e. The summed E-state index contributed by atoms with van der Waals surface area (Å²) in [5.74, 6) is 2.49. The van der Waals surface area contributed by atoms with E-state index in [0.717, 1.165) is 54.6 Å². The number of nitrogens with zero attached hydrogens (tertiary/aromatic N) is 6. The van der Waals surface area contributed by atoms with Gasteiger partial charge in [0.2, 0.25) is 5.88 Å². The summed E-state index contributed by atoms with van der Waals surface area (Å²) >= 11 is 0. The van der Waals surface area contributed by atoms with Crippen molar-refractivity contribution in [3.63, 3.8) is 0 Å². The van der Waals surface area contributed by atoms with Crippen LogP contribution in [0, 0.1) is 13.8 Å². The highest BCUT2D eigenvalue weighted by Gasteiger charge is 2.22. The largest absolute Gasteiger partial charge is 0.481 e. The lowest BCUT2D eigenvalue weighted by Gasteiger charge is -2.34. The zero-order chi connectivity index (χ0) is 18.1. The monoisotopic (exact) mass is 353 g/mol. The van der Waals surface area contributed by atoms with E-state index >= 15 is 0 Å². The van der Waals surface area contributed by atoms with E-state index in [1.54, 1.807) is 7.11 Å². The summed E-state index contributed by atoms with van der Waals surface area (Å²) in [6.07, 6.45) is 3.57. The molecule has 0 saturated carbocycles. The molecule has 1 N–H and O–H groups in total. The second-order valence-corrected chi connectivity index (χ2v) is 6.66. The van der Waals surface area contributed by atoms with E-state index < -0.39 is 0 Å². The summed E-state index contributed by atoms with van der Waals surface area (Å²) in [5, 5.41) is 8.09. The van der Waals surface area contributed by atoms with Crippen LogP contribution in [0.25, 0.3) is 5.65 Å². The number of anilines is 2. The minimum atomic E-state index is 0.378. The van der Waals surface area contributed by atoms with Crippen LogP contribution in [0.4, 0.5) is 11.6 Å². The molecule has 136 valence electrons. The first-order valence-corrected chi connectivity index (χ1v) is 8.84. The van der Waals surface area contributed by atoms with Gasteiger partial charge in [0.15, 0.2) is 5.65 Å². The number of methoxy groups -OCH3 is 1. The first kappa shape index (κ1) is 16.6. The highest BCUT2D eigenvalue weighted by atomic mass is 16.5. The van der Waals surface area contributed by atoms with E-state index in [9.17, 15) is 0 Å². The normalized spacial score (nSPS) is 15.4. The van der Waals surface area contributed by atoms with Crippen molar-refractivity contribution in [2.75, 3.05) is 30.4 Å². The highest BCUT2D eigenvalue weighted by Crippen LogP contribution is 2.24. The fourth-order valence-electron chi connectivity index (χ4n) is 3.41. The number of hydrogen-bond acceptors (Lipinski definition) is 7. The van der Waals surface area contributed by atoms with E-state index in [4.69, 9.17) is 4.74 Å². The van der Waals surface area contributed by atoms with Crippen LogP contribution in [0.1, 0.15) is 24.2 Å². The van der Waals surface area contributed by atoms with Gasteiger partial charge in [0.25, 0.3) is 0 Å². The summed E-state index contributed by atoms with van der Waals surface area (Å²) in [5.41, 5.74) is 2.91. The van der Waals surface area contributed by atoms with Crippen molar-refractivity contribution in [1.29, 1.82) is 0 Å². The van der Waals surface area contributed by atoms with Gasteiger partial charge in [-0.25, -0.2) is 15.0 Å². The number of nitrogens with one attached hydrogen (secondary N) is 1. The van der Waals surface area contributed by atoms with Gasteiger partial charge in [0.1, 0.15) is 18.0 Å². The summed E-state index contributed by atoms with van der Waals surface area (Å²) in [4.78, 5) is 15.3. The second kappa shape index (κ2) is 6.78. The molecular formula is C18H23N7O. The average Bonchev–Trinajstić information content (AvgIpc) is 3.02. The second-order valence-electron chi connectivity index (χ2n) is 6.66. The third-order valence-corrected chi connectivity index (χ3v) is 4.68. The Bertz CT molecular complexity index is 915. The zero-order valence-corrected chi connectivity index (χ0v) is 15.3. The lowest BCUT2D eigenvalue weighted by Crippen LogP contribution is -2.40. The maximum Gasteiger partial charge on any atom is 0.218 e. The molecule has 0 bridgehead atoms. The van der Waals surface area contributed by atoms with Crippen LogP contribution in [0.5, 0.6) is 5.88 Å². The van der Waals surface area contributed by atoms with Gasteiger partial charge in [0.05, 0.1) is 12.8 Å². The van der Waals surface area contributed by atoms with Gasteiger partial charge in [-0.2, -0.15) is 9.61 Å². The van der Waals surface area contributed by atoms with Crippen LogP contribution < -0.4 is 15.0 Å². The molecule has 0 amide bonds. The molecular weight excluding hydrogens is 330 g/mol. The quantitative estimate of drug-likeness (QED) is 0.770. The maximum absolute atomic E-state index is 5.16. The Morgan fingerprint density at radius 1 is 1.08 bits per heavy atom. The lowest BCUT2D eigenvalue weighted by atomic mass is 10.0. The van der Waals surface area contributed by atoms with Gasteiger partial charge in [-0.1, -0.05) is 0 Å². The van der Waals surface area contributed by atoms with Gasteiger partial charge in [0, 0.05) is 43.0 Å². The summed E-state index contributed by atoms with van der Waals surface area (Å²) < 4.78 is 7.11. The number of rotatable bonds is 4. The van der Waals surface area contributed by atoms with Crippen LogP contribution in [-0.2, 0) is 0 Å². The molecule has 26 heavy (non-hydrogen) atoms. The molecule has 1 aliphatic rings. The molecule has 0 spiro atoms. The molecule has 1 fully saturated rings. The predicted molar refractivity (Wildman–Crippen MR) is 99.9 cm³/mol. The Kier molecular flexibility index (Phi) is 4.32. The van der Waals surface area contributed by atoms with E-state index in [-0.39, 0.29) is 0 Å². The summed E-state index contributed by atoms with van der Waals surface area (Å²) in [7, 11) is 1.61. The topological polar surface area (TPSA) is 80.5 Å². The first-order chi connectivity index (χ1) is 12.6. The van der Waals surface area contributed by atoms with E-state index in [1.165, 1.54) is 6.33 Å². The molecule has 4 heterocycles. The van der Waals surface area contributed by atoms with Crippen LogP contribution >= 0.6 is 0 Å². The molecule has 4 rings (SSSR count). The van der Waals surface area contributed by atoms with Gasteiger partial charge in [-0.15, -0.1) is 0 Å². The highest BCUT2D eigenvalue weighted by molar-refractivity contribution is 5.52. The molecule has 0 atom stereocenters. The fourth-order valence-corrected chi connectivity index (χ4v) is 3.41. The molecule has 3 aromatic rings. The third kappa shape index (κ3) is 3.26. The maximum atomic E-state index is 5.16. The number of ether oxygens (including phenoxy) is 1. The van der Waals surface area contributed by atoms with Crippen molar-refractivity contribution < 1.29 is 4.74 Å². The molecule has 0 aliphatic carbocycles. The first-order valence-electron chi connectivity index (χ1n) is 8.84. The van der Waals surface area contributed by atoms with Crippen molar-refractivity contribution in [2.24, 2.45) is 0 Å². The average molecular weight is 353 g/mol. The van der Waals surface area contributed by atoms with Crippen molar-refractivity contribution in [3.05, 3.63) is 35.9 Å². The van der Waals surface area contributed by atoms with Crippen molar-refractivity contribution >= 4 is 17.3 Å². The van der Waals surface area contributed by atoms with Crippen LogP contribution in [-0.4, -0.2) is 50.8 Å². The molecule has 8 heteroatoms. The molecule has 0 radical (unpaired) electrons. The standard InChI is InChI=1S/C18H23N7O/c1-12-9-18(25-16(21-12)8-13(2)23-25)24-6-4-14(5-7-24)22-15-10-17(26-3)20-11-19-15/h8-11,14H,4-7H2,1-3H3,(H,19,20,22). The summed E-state index contributed by atoms with van der Waals surface area (Å²) in [6.45, 7) is 5.94. The Morgan fingerprint density at radius 3 is 2.65 bits per heavy atom. The van der Waals surface area contributed by atoms with Crippen molar-refractivity contribution in [2.45, 2.75) is 32.7 Å². The Hall–Kier alpha value is -2.90. The molecule has 8 nitrogen and oxygen atoms in total. The van der Waals surface area contributed by atoms with Crippen LogP contribution in [0.2, 0.25) is 0 Å². The Labute approximate surface area is 152 Å². The van der Waals surface area contributed by atoms with E-state index in [2.05, 4.69) is 36.3 Å². The minimum absolute atomic E-state index is 0.378. The minimum Gasteiger partial charge on any atom is -0.481 e. The van der Waals surface area contributed by atoms with Gasteiger partial charge < -0.3 is 15.0 Å². The number of piperidine rings is 1. The number of fused-ring (bicyclic) bond motifs is 1. The van der Waals surface area contributed by atoms with Crippen molar-refractivity contribution in [3.8, 4) is 5.88 Å². The fraction of sp³-hybridized carbons (Fsp3) is 0.444. The molecule has 0 unspecified atom stereocenters. The van der Waals surface area contributed by atoms with E-state index in [1.807, 2.05) is 30.5 Å². The molecule has 1 aliphatic heterocycles. The van der Waals surface area contributed by atoms with Crippen LogP contribution in [0.3, 0.4) is 0 Å². The number of hydrogen-bond donors (Lipinski definition) is 1. The zero-order valence-electron chi connectivity index (χ0n) is 15.3. The summed E-state index contributed by atoms with van der Waals surface area (Å²) in [6, 6.07) is 6.34. The van der Waals surface area contributed by atoms with Gasteiger partial charge in [-0.05, 0) is 26.7 Å². The van der Waals surface area contributed by atoms with Gasteiger partial charge >= 0.3 is 0 Å². The van der Waals surface area contributed by atoms with Crippen LogP contribution in [0.15, 0.2) is 24.5 Å². The molecule has 1 saturated heterocycles. The Balaban J connectivity index is 1.47. The molecule has 3 aromatic heterocycles.